The zero-order valence-corrected chi connectivity index (χ0v) is 6.62. The maximum atomic E-state index is 5.27. The van der Waals surface area contributed by atoms with Gasteiger partial charge in [-0.15, -0.1) is 0 Å². The number of allylic oxidation sites excluding steroid dienone is 3. The van der Waals surface area contributed by atoms with E-state index in [9.17, 15) is 0 Å². The molecule has 0 aliphatic heterocycles. The fraction of sp³-hybridized carbons (Fsp3) is 0.0909. The molecule has 1 aromatic rings. The minimum atomic E-state index is 1.19. The van der Waals surface area contributed by atoms with E-state index in [0.717, 1.165) is 0 Å². The van der Waals surface area contributed by atoms with Crippen LogP contribution in [0.2, 0.25) is 0 Å². The van der Waals surface area contributed by atoms with Crippen LogP contribution >= 0.6 is 0 Å². The van der Waals surface area contributed by atoms with E-state index in [2.05, 4.69) is 12.1 Å². The van der Waals surface area contributed by atoms with Gasteiger partial charge >= 0.3 is 0 Å². The second-order valence-corrected chi connectivity index (χ2v) is 2.41. The molecule has 0 nitrogen and oxygen atoms in total. The summed E-state index contributed by atoms with van der Waals surface area (Å²) in [6.07, 6.45) is 3.46. The molecule has 0 amide bonds. The summed E-state index contributed by atoms with van der Waals surface area (Å²) in [4.78, 5) is 0. The SMILES string of the molecule is [CH]=CC=C(C)c1ccccc1. The van der Waals surface area contributed by atoms with Crippen LogP contribution in [0.4, 0.5) is 0 Å². The first-order chi connectivity index (χ1) is 5.34. The van der Waals surface area contributed by atoms with Crippen LogP contribution in [-0.4, -0.2) is 0 Å². The van der Waals surface area contributed by atoms with E-state index in [0.29, 0.717) is 0 Å². The Morgan fingerprint density at radius 3 is 2.45 bits per heavy atom. The van der Waals surface area contributed by atoms with Gasteiger partial charge < -0.3 is 0 Å². The van der Waals surface area contributed by atoms with Crippen LogP contribution in [0.5, 0.6) is 0 Å². The second kappa shape index (κ2) is 3.77. The van der Waals surface area contributed by atoms with Crippen molar-refractivity contribution in [2.75, 3.05) is 0 Å². The molecule has 0 fully saturated rings. The van der Waals surface area contributed by atoms with Gasteiger partial charge in [-0.25, -0.2) is 0 Å². The van der Waals surface area contributed by atoms with E-state index < -0.39 is 0 Å². The van der Waals surface area contributed by atoms with E-state index in [1.165, 1.54) is 11.1 Å². The van der Waals surface area contributed by atoms with Crippen LogP contribution in [0.15, 0.2) is 42.5 Å². The van der Waals surface area contributed by atoms with Crippen LogP contribution < -0.4 is 0 Å². The van der Waals surface area contributed by atoms with Crippen molar-refractivity contribution < 1.29 is 0 Å². The largest absolute Gasteiger partial charge is 0.0623 e. The van der Waals surface area contributed by atoms with Crippen molar-refractivity contribution in [2.24, 2.45) is 0 Å². The summed E-state index contributed by atoms with van der Waals surface area (Å²) in [5.41, 5.74) is 2.40. The lowest BCUT2D eigenvalue weighted by Gasteiger charge is -1.97. The molecule has 0 saturated heterocycles. The maximum Gasteiger partial charge on any atom is -0.0227 e. The van der Waals surface area contributed by atoms with Gasteiger partial charge in [-0.3, -0.25) is 0 Å². The summed E-state index contributed by atoms with van der Waals surface area (Å²) < 4.78 is 0. The van der Waals surface area contributed by atoms with Gasteiger partial charge in [0.1, 0.15) is 0 Å². The van der Waals surface area contributed by atoms with E-state index in [1.807, 2.05) is 31.2 Å². The van der Waals surface area contributed by atoms with Gasteiger partial charge in [0.15, 0.2) is 0 Å². The van der Waals surface area contributed by atoms with Gasteiger partial charge in [-0.2, -0.15) is 0 Å². The Morgan fingerprint density at radius 2 is 1.91 bits per heavy atom. The van der Waals surface area contributed by atoms with Crippen molar-refractivity contribution in [3.8, 4) is 0 Å². The quantitative estimate of drug-likeness (QED) is 0.558. The highest BCUT2D eigenvalue weighted by atomic mass is 13.9. The lowest BCUT2D eigenvalue weighted by Crippen LogP contribution is -1.75. The molecule has 0 heterocycles. The molecule has 0 aliphatic rings. The van der Waals surface area contributed by atoms with Crippen molar-refractivity contribution >= 4 is 5.57 Å². The second-order valence-electron chi connectivity index (χ2n) is 2.41. The molecule has 0 unspecified atom stereocenters. The number of hydrogen-bond donors (Lipinski definition) is 0. The zero-order valence-electron chi connectivity index (χ0n) is 6.62. The predicted octanol–water partition coefficient (Wildman–Crippen LogP) is 3.08. The lowest BCUT2D eigenvalue weighted by molar-refractivity contribution is 1.57. The summed E-state index contributed by atoms with van der Waals surface area (Å²) in [7, 11) is 0. The normalized spacial score (nSPS) is 11.2. The van der Waals surface area contributed by atoms with E-state index in [1.54, 1.807) is 6.08 Å². The predicted molar refractivity (Wildman–Crippen MR) is 49.0 cm³/mol. The molecule has 0 saturated carbocycles. The van der Waals surface area contributed by atoms with Crippen LogP contribution in [0.1, 0.15) is 12.5 Å². The molecule has 11 heavy (non-hydrogen) atoms. The topological polar surface area (TPSA) is 0 Å². The van der Waals surface area contributed by atoms with Crippen molar-refractivity contribution in [2.45, 2.75) is 6.92 Å². The first kappa shape index (κ1) is 7.80. The Morgan fingerprint density at radius 1 is 1.27 bits per heavy atom. The zero-order chi connectivity index (χ0) is 8.10. The molecule has 0 atom stereocenters. The number of rotatable bonds is 2. The van der Waals surface area contributed by atoms with Crippen molar-refractivity contribution in [3.63, 3.8) is 0 Å². The molecule has 0 spiro atoms. The average molecular weight is 143 g/mol. The minimum absolute atomic E-state index is 1.19. The third-order valence-electron chi connectivity index (χ3n) is 1.58. The van der Waals surface area contributed by atoms with Gasteiger partial charge in [0.25, 0.3) is 0 Å². The smallest absolute Gasteiger partial charge is 0.0227 e. The van der Waals surface area contributed by atoms with Crippen molar-refractivity contribution in [1.82, 2.24) is 0 Å². The summed E-state index contributed by atoms with van der Waals surface area (Å²) >= 11 is 0. The molecule has 55 valence electrons. The third-order valence-corrected chi connectivity index (χ3v) is 1.58. The van der Waals surface area contributed by atoms with Crippen LogP contribution in [0.3, 0.4) is 0 Å². The lowest BCUT2D eigenvalue weighted by atomic mass is 10.1. The van der Waals surface area contributed by atoms with Gasteiger partial charge in [0, 0.05) is 0 Å². The Kier molecular flexibility index (Phi) is 2.67. The third kappa shape index (κ3) is 2.08. The number of hydrogen-bond acceptors (Lipinski definition) is 0. The Labute approximate surface area is 67.9 Å². The summed E-state index contributed by atoms with van der Waals surface area (Å²) in [6.45, 7) is 7.31. The number of benzene rings is 1. The highest BCUT2D eigenvalue weighted by Gasteiger charge is 1.89. The van der Waals surface area contributed by atoms with Crippen LogP contribution in [0, 0.1) is 6.58 Å². The fourth-order valence-electron chi connectivity index (χ4n) is 0.942. The molecule has 1 aromatic carbocycles. The maximum absolute atomic E-state index is 5.27. The van der Waals surface area contributed by atoms with Gasteiger partial charge in [-0.05, 0) is 18.1 Å². The Balaban J connectivity index is 2.94. The molecule has 0 heteroatoms. The van der Waals surface area contributed by atoms with Gasteiger partial charge in [0.05, 0.1) is 0 Å². The van der Waals surface area contributed by atoms with E-state index >= 15 is 0 Å². The highest BCUT2D eigenvalue weighted by molar-refractivity contribution is 5.64. The van der Waals surface area contributed by atoms with Crippen molar-refractivity contribution in [1.29, 1.82) is 0 Å². The van der Waals surface area contributed by atoms with Crippen LogP contribution in [-0.2, 0) is 0 Å². The fourth-order valence-corrected chi connectivity index (χ4v) is 0.942. The van der Waals surface area contributed by atoms with Crippen LogP contribution in [0.25, 0.3) is 5.57 Å². The molecule has 1 rings (SSSR count). The molecule has 0 N–H and O–H groups in total. The first-order valence-corrected chi connectivity index (χ1v) is 3.62. The molecule has 0 aromatic heterocycles. The molecule has 0 aliphatic carbocycles. The Hall–Kier alpha value is -1.30. The van der Waals surface area contributed by atoms with Gasteiger partial charge in [-0.1, -0.05) is 49.1 Å². The molecule has 0 bridgehead atoms. The first-order valence-electron chi connectivity index (χ1n) is 3.62. The monoisotopic (exact) mass is 143 g/mol. The molecular weight excluding hydrogens is 132 g/mol. The molecular formula is C11H11. The Bertz CT molecular complexity index is 255. The standard InChI is InChI=1S/C11H11/c1-3-7-10(2)11-8-5-4-6-9-11/h1,3-9H,2H3. The van der Waals surface area contributed by atoms with Crippen molar-refractivity contribution in [3.05, 3.63) is 54.6 Å². The highest BCUT2D eigenvalue weighted by Crippen LogP contribution is 2.11. The summed E-state index contributed by atoms with van der Waals surface area (Å²) in [5.74, 6) is 0. The van der Waals surface area contributed by atoms with E-state index in [-0.39, 0.29) is 0 Å². The summed E-state index contributed by atoms with van der Waals surface area (Å²) in [5, 5.41) is 0. The van der Waals surface area contributed by atoms with Gasteiger partial charge in [0.2, 0.25) is 0 Å². The van der Waals surface area contributed by atoms with E-state index in [4.69, 9.17) is 6.58 Å². The average Bonchev–Trinajstić information content (AvgIpc) is 2.07. The molecule has 1 radical (unpaired) electrons. The summed E-state index contributed by atoms with van der Waals surface area (Å²) in [6, 6.07) is 10.2. The minimum Gasteiger partial charge on any atom is -0.0623 e.